The van der Waals surface area contributed by atoms with E-state index in [-0.39, 0.29) is 24.8 Å². The average molecular weight is 633 g/mol. The Kier molecular flexibility index (Phi) is 12.3. The third kappa shape index (κ3) is 9.21. The van der Waals surface area contributed by atoms with Gasteiger partial charge in [0, 0.05) is 19.5 Å². The first kappa shape index (κ1) is 33.4. The van der Waals surface area contributed by atoms with Gasteiger partial charge in [-0.1, -0.05) is 105 Å². The van der Waals surface area contributed by atoms with Crippen LogP contribution in [0.1, 0.15) is 56.2 Å². The van der Waals surface area contributed by atoms with Gasteiger partial charge in [-0.15, -0.1) is 0 Å². The van der Waals surface area contributed by atoms with Gasteiger partial charge in [0.15, 0.2) is 0 Å². The number of rotatable bonds is 14. The number of sulfonamides is 1. The van der Waals surface area contributed by atoms with Crippen LogP contribution in [-0.4, -0.2) is 50.5 Å². The number of carbonyl (C=O) groups is 2. The van der Waals surface area contributed by atoms with E-state index in [0.29, 0.717) is 27.8 Å². The van der Waals surface area contributed by atoms with Crippen LogP contribution in [0.5, 0.6) is 0 Å². The largest absolute Gasteiger partial charge is 0.354 e. The number of halogens is 2. The van der Waals surface area contributed by atoms with Crippen molar-refractivity contribution in [1.82, 2.24) is 10.2 Å². The Morgan fingerprint density at radius 3 is 2.19 bits per heavy atom. The Morgan fingerprint density at radius 2 is 1.57 bits per heavy atom. The molecule has 0 aliphatic heterocycles. The number of nitrogens with zero attached hydrogens (tertiary/aromatic N) is 2. The molecule has 0 spiro atoms. The zero-order chi connectivity index (χ0) is 30.9. The van der Waals surface area contributed by atoms with Crippen molar-refractivity contribution in [1.29, 1.82) is 0 Å². The molecule has 0 fully saturated rings. The molecule has 3 aromatic rings. The summed E-state index contributed by atoms with van der Waals surface area (Å²) in [6.07, 6.45) is 3.01. The minimum atomic E-state index is -3.86. The lowest BCUT2D eigenvalue weighted by Crippen LogP contribution is -2.53. The molecule has 0 aliphatic carbocycles. The summed E-state index contributed by atoms with van der Waals surface area (Å²) < 4.78 is 27.4. The van der Waals surface area contributed by atoms with Crippen molar-refractivity contribution in [2.45, 2.75) is 58.5 Å². The summed E-state index contributed by atoms with van der Waals surface area (Å²) >= 11 is 12.5. The van der Waals surface area contributed by atoms with Crippen LogP contribution in [0.3, 0.4) is 0 Å². The van der Waals surface area contributed by atoms with Crippen molar-refractivity contribution >= 4 is 50.7 Å². The maximum Gasteiger partial charge on any atom is 0.244 e. The Balaban J connectivity index is 2.09. The number of carbonyl (C=O) groups excluding carboxylic acids is 2. The van der Waals surface area contributed by atoms with Crippen molar-refractivity contribution in [3.63, 3.8) is 0 Å². The molecular formula is C32H39Cl2N3O4S. The highest BCUT2D eigenvalue weighted by Gasteiger charge is 2.33. The highest BCUT2D eigenvalue weighted by atomic mass is 35.5. The number of amides is 2. The molecule has 0 saturated carbocycles. The predicted molar refractivity (Wildman–Crippen MR) is 172 cm³/mol. The van der Waals surface area contributed by atoms with E-state index in [0.717, 1.165) is 34.5 Å². The Hall–Kier alpha value is -3.07. The third-order valence-electron chi connectivity index (χ3n) is 6.94. The first-order valence-electron chi connectivity index (χ1n) is 14.0. The highest BCUT2D eigenvalue weighted by molar-refractivity contribution is 7.92. The monoisotopic (exact) mass is 631 g/mol. The maximum atomic E-state index is 14.3. The lowest BCUT2D eigenvalue weighted by Gasteiger charge is -2.34. The standard InChI is InChI=1S/C32H39Cl2N3O4S/c1-5-6-18-35-32(39)30(20-24-12-8-7-9-13-24)36(21-25-16-17-27(33)28(34)19-25)31(38)22-37(42(4,40)41)29-15-11-10-14-26(29)23(2)3/h7-17,19,23,30H,5-6,18,20-22H2,1-4H3,(H,35,39)/t30-/m0/s1. The highest BCUT2D eigenvalue weighted by Crippen LogP contribution is 2.30. The summed E-state index contributed by atoms with van der Waals surface area (Å²) in [7, 11) is -3.86. The van der Waals surface area contributed by atoms with Crippen molar-refractivity contribution in [3.8, 4) is 0 Å². The van der Waals surface area contributed by atoms with Gasteiger partial charge in [-0.3, -0.25) is 13.9 Å². The van der Waals surface area contributed by atoms with E-state index >= 15 is 0 Å². The molecule has 3 rings (SSSR count). The number of anilines is 1. The lowest BCUT2D eigenvalue weighted by molar-refractivity contribution is -0.140. The molecule has 0 radical (unpaired) electrons. The van der Waals surface area contributed by atoms with Gasteiger partial charge >= 0.3 is 0 Å². The zero-order valence-electron chi connectivity index (χ0n) is 24.5. The molecule has 3 aromatic carbocycles. The SMILES string of the molecule is CCCCNC(=O)[C@H](Cc1ccccc1)N(Cc1ccc(Cl)c(Cl)c1)C(=O)CN(c1ccccc1C(C)C)S(C)(=O)=O. The van der Waals surface area contributed by atoms with E-state index in [1.54, 1.807) is 30.3 Å². The summed E-state index contributed by atoms with van der Waals surface area (Å²) in [6.45, 7) is 5.98. The summed E-state index contributed by atoms with van der Waals surface area (Å²) in [4.78, 5) is 29.4. The van der Waals surface area contributed by atoms with Gasteiger partial charge in [-0.25, -0.2) is 8.42 Å². The molecule has 0 heterocycles. The Morgan fingerprint density at radius 1 is 0.905 bits per heavy atom. The van der Waals surface area contributed by atoms with E-state index in [9.17, 15) is 18.0 Å². The minimum absolute atomic E-state index is 0.0167. The summed E-state index contributed by atoms with van der Waals surface area (Å²) in [5.74, 6) is -0.811. The van der Waals surface area contributed by atoms with Gasteiger partial charge in [0.1, 0.15) is 12.6 Å². The molecule has 1 N–H and O–H groups in total. The smallest absolute Gasteiger partial charge is 0.244 e. The van der Waals surface area contributed by atoms with Crippen molar-refractivity contribution in [2.75, 3.05) is 23.7 Å². The molecule has 42 heavy (non-hydrogen) atoms. The first-order chi connectivity index (χ1) is 19.9. The van der Waals surface area contributed by atoms with Crippen LogP contribution >= 0.6 is 23.2 Å². The van der Waals surface area contributed by atoms with Gasteiger partial charge < -0.3 is 10.2 Å². The predicted octanol–water partition coefficient (Wildman–Crippen LogP) is 6.44. The number of hydrogen-bond acceptors (Lipinski definition) is 4. The topological polar surface area (TPSA) is 86.8 Å². The zero-order valence-corrected chi connectivity index (χ0v) is 26.8. The van der Waals surface area contributed by atoms with E-state index in [2.05, 4.69) is 5.32 Å². The quantitative estimate of drug-likeness (QED) is 0.207. The normalized spacial score (nSPS) is 12.2. The Bertz CT molecular complexity index is 1470. The molecule has 0 aliphatic rings. The molecule has 0 aromatic heterocycles. The number of nitrogens with one attached hydrogen (secondary N) is 1. The molecule has 0 unspecified atom stereocenters. The van der Waals surface area contributed by atoms with Crippen molar-refractivity contribution < 1.29 is 18.0 Å². The van der Waals surface area contributed by atoms with E-state index in [1.165, 1.54) is 4.90 Å². The second-order valence-corrected chi connectivity index (χ2v) is 13.3. The van der Waals surface area contributed by atoms with Gasteiger partial charge in [-0.2, -0.15) is 0 Å². The van der Waals surface area contributed by atoms with E-state index in [1.807, 2.05) is 63.2 Å². The van der Waals surface area contributed by atoms with Crippen LogP contribution in [0.4, 0.5) is 5.69 Å². The summed E-state index contributed by atoms with van der Waals surface area (Å²) in [6, 6.07) is 20.7. The number of para-hydroxylation sites is 1. The summed E-state index contributed by atoms with van der Waals surface area (Å²) in [5.41, 5.74) is 2.76. The molecule has 226 valence electrons. The number of benzene rings is 3. The second-order valence-electron chi connectivity index (χ2n) is 10.6. The molecule has 1 atom stereocenters. The fourth-order valence-electron chi connectivity index (χ4n) is 4.69. The van der Waals surface area contributed by atoms with Crippen LogP contribution in [0.15, 0.2) is 72.8 Å². The fraction of sp³-hybridized carbons (Fsp3) is 0.375. The van der Waals surface area contributed by atoms with E-state index < -0.39 is 28.5 Å². The van der Waals surface area contributed by atoms with Crippen LogP contribution in [-0.2, 0) is 32.6 Å². The van der Waals surface area contributed by atoms with Crippen molar-refractivity contribution in [3.05, 3.63) is 99.5 Å². The molecule has 0 bridgehead atoms. The number of hydrogen-bond donors (Lipinski definition) is 1. The summed E-state index contributed by atoms with van der Waals surface area (Å²) in [5, 5.41) is 3.66. The van der Waals surface area contributed by atoms with Crippen LogP contribution < -0.4 is 9.62 Å². The lowest BCUT2D eigenvalue weighted by atomic mass is 10.0. The molecule has 10 heteroatoms. The first-order valence-corrected chi connectivity index (χ1v) is 16.6. The van der Waals surface area contributed by atoms with Gasteiger partial charge in [0.2, 0.25) is 21.8 Å². The third-order valence-corrected chi connectivity index (χ3v) is 8.81. The van der Waals surface area contributed by atoms with Gasteiger partial charge in [0.05, 0.1) is 22.0 Å². The van der Waals surface area contributed by atoms with E-state index in [4.69, 9.17) is 23.2 Å². The second kappa shape index (κ2) is 15.4. The van der Waals surface area contributed by atoms with Gasteiger partial charge in [-0.05, 0) is 47.2 Å². The van der Waals surface area contributed by atoms with Crippen LogP contribution in [0, 0.1) is 0 Å². The molecular weight excluding hydrogens is 593 g/mol. The molecule has 2 amide bonds. The maximum absolute atomic E-state index is 14.3. The minimum Gasteiger partial charge on any atom is -0.354 e. The average Bonchev–Trinajstić information content (AvgIpc) is 2.95. The molecule has 0 saturated heterocycles. The van der Waals surface area contributed by atoms with Crippen molar-refractivity contribution in [2.24, 2.45) is 0 Å². The Labute approximate surface area is 259 Å². The molecule has 7 nitrogen and oxygen atoms in total. The number of unbranched alkanes of at least 4 members (excludes halogenated alkanes) is 1. The van der Waals surface area contributed by atoms with Crippen LogP contribution in [0.25, 0.3) is 0 Å². The van der Waals surface area contributed by atoms with Crippen LogP contribution in [0.2, 0.25) is 10.0 Å². The van der Waals surface area contributed by atoms with Gasteiger partial charge in [0.25, 0.3) is 0 Å². The fourth-order valence-corrected chi connectivity index (χ4v) is 5.88.